The number of anilines is 1. The first kappa shape index (κ1) is 24.8. The number of aliphatic imine (C=N–C) groups is 1. The SMILES string of the molecule is CC1(C)CC(NC(=O)Nc2n[nH]c3c2CCN(C(=O)OC(C)(C)C)C3)CC(C)(CN=C=O)C1. The van der Waals surface area contributed by atoms with E-state index in [0.29, 0.717) is 31.9 Å². The van der Waals surface area contributed by atoms with E-state index >= 15 is 0 Å². The summed E-state index contributed by atoms with van der Waals surface area (Å²) in [5.74, 6) is 0.481. The van der Waals surface area contributed by atoms with Gasteiger partial charge >= 0.3 is 12.1 Å². The van der Waals surface area contributed by atoms with Gasteiger partial charge in [0, 0.05) is 18.2 Å². The topological polar surface area (TPSA) is 129 Å². The number of H-pyrrole nitrogens is 1. The van der Waals surface area contributed by atoms with E-state index in [9.17, 15) is 14.4 Å². The molecule has 2 aliphatic rings. The van der Waals surface area contributed by atoms with Gasteiger partial charge in [-0.05, 0) is 57.3 Å². The lowest BCUT2D eigenvalue weighted by molar-refractivity contribution is 0.0221. The third-order valence-corrected chi connectivity index (χ3v) is 6.12. The van der Waals surface area contributed by atoms with Crippen molar-refractivity contribution >= 4 is 24.0 Å². The molecule has 0 radical (unpaired) electrons. The Morgan fingerprint density at radius 1 is 1.30 bits per heavy atom. The van der Waals surface area contributed by atoms with Crippen LogP contribution in [0.25, 0.3) is 0 Å². The molecule has 3 amide bonds. The molecule has 1 fully saturated rings. The molecule has 2 atom stereocenters. The summed E-state index contributed by atoms with van der Waals surface area (Å²) in [5.41, 5.74) is 0.979. The zero-order chi connectivity index (χ0) is 24.4. The minimum atomic E-state index is -0.556. The van der Waals surface area contributed by atoms with Gasteiger partial charge in [0.05, 0.1) is 18.8 Å². The highest BCUT2D eigenvalue weighted by molar-refractivity contribution is 5.89. The first-order chi connectivity index (χ1) is 15.3. The fourth-order valence-corrected chi connectivity index (χ4v) is 5.31. The van der Waals surface area contributed by atoms with Crippen molar-refractivity contribution in [2.45, 2.75) is 85.4 Å². The molecule has 2 heterocycles. The lowest BCUT2D eigenvalue weighted by Gasteiger charge is -2.46. The van der Waals surface area contributed by atoms with E-state index in [1.807, 2.05) is 20.8 Å². The number of isocyanates is 1. The van der Waals surface area contributed by atoms with Crippen LogP contribution in [-0.4, -0.2) is 58.0 Å². The van der Waals surface area contributed by atoms with Gasteiger partial charge in [-0.15, -0.1) is 0 Å². The third kappa shape index (κ3) is 6.57. The van der Waals surface area contributed by atoms with Crippen molar-refractivity contribution in [1.82, 2.24) is 20.4 Å². The minimum absolute atomic E-state index is 0.0139. The van der Waals surface area contributed by atoms with Crippen LogP contribution in [0.4, 0.5) is 15.4 Å². The number of nitrogens with zero attached hydrogens (tertiary/aromatic N) is 3. The monoisotopic (exact) mass is 460 g/mol. The summed E-state index contributed by atoms with van der Waals surface area (Å²) in [7, 11) is 0. The van der Waals surface area contributed by atoms with E-state index in [1.54, 1.807) is 11.0 Å². The minimum Gasteiger partial charge on any atom is -0.444 e. The van der Waals surface area contributed by atoms with Gasteiger partial charge in [0.2, 0.25) is 6.08 Å². The standard InChI is InChI=1S/C23H36N6O4/c1-21(2,3)33-20(32)29-8-7-16-17(11-29)27-28-18(16)26-19(31)25-15-9-22(4,5)12-23(6,10-15)13-24-14-30/h15H,7-13H2,1-6H3,(H3,25,26,27,28,31). The number of rotatable bonds is 4. The first-order valence-corrected chi connectivity index (χ1v) is 11.4. The molecule has 3 N–H and O–H groups in total. The Hall–Kier alpha value is -2.87. The predicted molar refractivity (Wildman–Crippen MR) is 124 cm³/mol. The number of hydrogen-bond donors (Lipinski definition) is 3. The highest BCUT2D eigenvalue weighted by Crippen LogP contribution is 2.46. The van der Waals surface area contributed by atoms with Crippen LogP contribution in [0.15, 0.2) is 4.99 Å². The summed E-state index contributed by atoms with van der Waals surface area (Å²) in [4.78, 5) is 41.2. The van der Waals surface area contributed by atoms with Crippen LogP contribution in [0.1, 0.15) is 72.1 Å². The Morgan fingerprint density at radius 2 is 2.03 bits per heavy atom. The summed E-state index contributed by atoms with van der Waals surface area (Å²) < 4.78 is 5.45. The molecule has 1 aromatic rings. The Balaban J connectivity index is 1.61. The van der Waals surface area contributed by atoms with E-state index in [2.05, 4.69) is 46.6 Å². The van der Waals surface area contributed by atoms with E-state index in [1.165, 1.54) is 0 Å². The number of carbonyl (C=O) groups is 2. The predicted octanol–water partition coefficient (Wildman–Crippen LogP) is 3.75. The van der Waals surface area contributed by atoms with E-state index in [-0.39, 0.29) is 29.0 Å². The number of urea groups is 1. The van der Waals surface area contributed by atoms with Crippen molar-refractivity contribution in [3.05, 3.63) is 11.3 Å². The van der Waals surface area contributed by atoms with Crippen molar-refractivity contribution in [3.8, 4) is 0 Å². The van der Waals surface area contributed by atoms with Gasteiger partial charge in [-0.2, -0.15) is 5.10 Å². The maximum atomic E-state index is 12.8. The van der Waals surface area contributed by atoms with Crippen LogP contribution in [-0.2, 0) is 22.5 Å². The van der Waals surface area contributed by atoms with Gasteiger partial charge in [0.1, 0.15) is 5.60 Å². The largest absolute Gasteiger partial charge is 0.444 e. The van der Waals surface area contributed by atoms with Gasteiger partial charge in [-0.3, -0.25) is 10.4 Å². The Morgan fingerprint density at radius 3 is 2.70 bits per heavy atom. The molecule has 1 saturated carbocycles. The molecule has 182 valence electrons. The van der Waals surface area contributed by atoms with Gasteiger partial charge in [0.15, 0.2) is 5.82 Å². The van der Waals surface area contributed by atoms with Gasteiger partial charge in [0.25, 0.3) is 0 Å². The second-order valence-corrected chi connectivity index (χ2v) is 11.4. The number of aromatic nitrogens is 2. The number of ether oxygens (including phenoxy) is 1. The Bertz CT molecular complexity index is 943. The van der Waals surface area contributed by atoms with Crippen molar-refractivity contribution in [2.24, 2.45) is 15.8 Å². The molecule has 1 aromatic heterocycles. The lowest BCUT2D eigenvalue weighted by atomic mass is 9.62. The van der Waals surface area contributed by atoms with Crippen LogP contribution in [0.5, 0.6) is 0 Å². The fourth-order valence-electron chi connectivity index (χ4n) is 5.31. The average molecular weight is 461 g/mol. The van der Waals surface area contributed by atoms with Crippen molar-refractivity contribution in [1.29, 1.82) is 0 Å². The highest BCUT2D eigenvalue weighted by atomic mass is 16.6. The molecule has 1 aliphatic carbocycles. The number of nitrogens with one attached hydrogen (secondary N) is 3. The molecular weight excluding hydrogens is 424 g/mol. The second kappa shape index (κ2) is 9.17. The molecule has 0 aromatic carbocycles. The summed E-state index contributed by atoms with van der Waals surface area (Å²) in [6, 6.07) is -0.360. The van der Waals surface area contributed by atoms with E-state index < -0.39 is 5.60 Å². The van der Waals surface area contributed by atoms with E-state index in [4.69, 9.17) is 4.74 Å². The van der Waals surface area contributed by atoms with Crippen LogP contribution in [0.3, 0.4) is 0 Å². The number of carbonyl (C=O) groups excluding carboxylic acids is 3. The smallest absolute Gasteiger partial charge is 0.410 e. The summed E-state index contributed by atoms with van der Waals surface area (Å²) in [6.45, 7) is 13.2. The first-order valence-electron chi connectivity index (χ1n) is 11.4. The van der Waals surface area contributed by atoms with Crippen LogP contribution in [0, 0.1) is 10.8 Å². The maximum absolute atomic E-state index is 12.8. The summed E-state index contributed by atoms with van der Waals surface area (Å²) in [5, 5.41) is 13.1. The van der Waals surface area contributed by atoms with Crippen molar-refractivity contribution in [3.63, 3.8) is 0 Å². The molecule has 3 rings (SSSR count). The van der Waals surface area contributed by atoms with Crippen molar-refractivity contribution < 1.29 is 19.1 Å². The summed E-state index contributed by atoms with van der Waals surface area (Å²) in [6.07, 6.45) is 4.33. The third-order valence-electron chi connectivity index (χ3n) is 6.12. The average Bonchev–Trinajstić information content (AvgIpc) is 3.05. The molecule has 10 nitrogen and oxygen atoms in total. The number of aromatic amines is 1. The van der Waals surface area contributed by atoms with Crippen LogP contribution < -0.4 is 10.6 Å². The van der Waals surface area contributed by atoms with E-state index in [0.717, 1.165) is 30.5 Å². The van der Waals surface area contributed by atoms with Gasteiger partial charge < -0.3 is 15.0 Å². The number of amides is 3. The zero-order valence-corrected chi connectivity index (χ0v) is 20.5. The second-order valence-electron chi connectivity index (χ2n) is 11.4. The Labute approximate surface area is 194 Å². The molecule has 0 bridgehead atoms. The molecule has 2 unspecified atom stereocenters. The van der Waals surface area contributed by atoms with Gasteiger partial charge in [-0.1, -0.05) is 20.8 Å². The van der Waals surface area contributed by atoms with Crippen LogP contribution in [0.2, 0.25) is 0 Å². The number of fused-ring (bicyclic) bond motifs is 1. The zero-order valence-electron chi connectivity index (χ0n) is 20.5. The van der Waals surface area contributed by atoms with Gasteiger partial charge in [-0.25, -0.2) is 19.4 Å². The molecular formula is C23H36N6O4. The lowest BCUT2D eigenvalue weighted by Crippen LogP contribution is -2.49. The molecule has 0 saturated heterocycles. The molecule has 10 heteroatoms. The van der Waals surface area contributed by atoms with Crippen molar-refractivity contribution in [2.75, 3.05) is 18.4 Å². The maximum Gasteiger partial charge on any atom is 0.410 e. The molecule has 1 aliphatic heterocycles. The quantitative estimate of drug-likeness (QED) is 0.466. The van der Waals surface area contributed by atoms with Crippen LogP contribution >= 0.6 is 0 Å². The normalized spacial score (nSPS) is 24.3. The highest BCUT2D eigenvalue weighted by Gasteiger charge is 2.41. The summed E-state index contributed by atoms with van der Waals surface area (Å²) >= 11 is 0. The molecule has 0 spiro atoms. The Kier molecular flexibility index (Phi) is 6.88. The fraction of sp³-hybridized carbons (Fsp3) is 0.739. The molecule has 33 heavy (non-hydrogen) atoms. The number of hydrogen-bond acceptors (Lipinski definition) is 6.